The van der Waals surface area contributed by atoms with E-state index in [4.69, 9.17) is 4.74 Å². The number of carbonyl (C=O) groups is 1. The first-order valence-electron chi connectivity index (χ1n) is 8.79. The molecule has 0 radical (unpaired) electrons. The lowest BCUT2D eigenvalue weighted by atomic mass is 9.93. The summed E-state index contributed by atoms with van der Waals surface area (Å²) in [6.07, 6.45) is 0.350. The second-order valence-electron chi connectivity index (χ2n) is 8.25. The van der Waals surface area contributed by atoms with Gasteiger partial charge in [-0.3, -0.25) is 0 Å². The van der Waals surface area contributed by atoms with Crippen LogP contribution in [0.1, 0.15) is 44.6 Å². The molecule has 3 rings (SSSR count). The second kappa shape index (κ2) is 6.43. The zero-order chi connectivity index (χ0) is 20.1. The molecule has 0 bridgehead atoms. The lowest BCUT2D eigenvalue weighted by molar-refractivity contribution is -0.158. The van der Waals surface area contributed by atoms with Gasteiger partial charge in [-0.2, -0.15) is 4.72 Å². The van der Waals surface area contributed by atoms with Crippen LogP contribution in [0.15, 0.2) is 46.7 Å². The maximum Gasteiger partial charge on any atom is 0.328 e. The van der Waals surface area contributed by atoms with E-state index in [1.807, 2.05) is 44.2 Å². The molecule has 1 aliphatic carbocycles. The van der Waals surface area contributed by atoms with Crippen LogP contribution in [0.4, 0.5) is 0 Å². The third-order valence-corrected chi connectivity index (χ3v) is 7.87. The van der Waals surface area contributed by atoms with E-state index in [9.17, 15) is 13.2 Å². The molecule has 1 N–H and O–H groups in total. The van der Waals surface area contributed by atoms with Gasteiger partial charge in [-0.1, -0.05) is 37.3 Å². The van der Waals surface area contributed by atoms with Crippen LogP contribution in [0.3, 0.4) is 0 Å². The van der Waals surface area contributed by atoms with Gasteiger partial charge in [0, 0.05) is 10.3 Å². The van der Waals surface area contributed by atoms with Gasteiger partial charge in [0.15, 0.2) is 0 Å². The summed E-state index contributed by atoms with van der Waals surface area (Å²) in [6, 6.07) is 12.8. The molecule has 0 unspecified atom stereocenters. The van der Waals surface area contributed by atoms with Crippen molar-refractivity contribution in [2.45, 2.75) is 61.8 Å². The quantitative estimate of drug-likeness (QED) is 0.766. The van der Waals surface area contributed by atoms with E-state index >= 15 is 0 Å². The molecule has 1 heterocycles. The topological polar surface area (TPSA) is 72.5 Å². The molecule has 1 saturated carbocycles. The standard InChI is InChI=1S/C20H25NO4S2/c1-14-11-12-16(26-14)27(23,24)21-20(17(22)25-18(2,3)4)13-19(20,5)15-9-7-6-8-10-15/h6-12,21H,13H2,1-5H3/t19-,20-/m1/s1. The Morgan fingerprint density at radius 2 is 1.78 bits per heavy atom. The largest absolute Gasteiger partial charge is 0.459 e. The number of benzene rings is 1. The maximum atomic E-state index is 13.1. The zero-order valence-electron chi connectivity index (χ0n) is 16.2. The van der Waals surface area contributed by atoms with Crippen LogP contribution < -0.4 is 4.72 Å². The van der Waals surface area contributed by atoms with Gasteiger partial charge in [0.1, 0.15) is 15.3 Å². The third-order valence-electron chi connectivity index (χ3n) is 4.88. The Bertz CT molecular complexity index is 959. The summed E-state index contributed by atoms with van der Waals surface area (Å²) in [5, 5.41) is 0. The van der Waals surface area contributed by atoms with Crippen LogP contribution in [-0.2, 0) is 25.0 Å². The van der Waals surface area contributed by atoms with Crippen LogP contribution in [0.2, 0.25) is 0 Å². The highest BCUT2D eigenvalue weighted by Gasteiger charge is 2.73. The summed E-state index contributed by atoms with van der Waals surface area (Å²) in [7, 11) is -3.85. The van der Waals surface area contributed by atoms with Crippen molar-refractivity contribution in [2.75, 3.05) is 0 Å². The first-order valence-corrected chi connectivity index (χ1v) is 11.1. The molecule has 1 fully saturated rings. The normalized spacial score (nSPS) is 25.2. The van der Waals surface area contributed by atoms with Crippen LogP contribution in [0.25, 0.3) is 0 Å². The fraction of sp³-hybridized carbons (Fsp3) is 0.450. The molecule has 7 heteroatoms. The number of thiophene rings is 1. The van der Waals surface area contributed by atoms with Crippen LogP contribution in [0.5, 0.6) is 0 Å². The van der Waals surface area contributed by atoms with Gasteiger partial charge in [-0.25, -0.2) is 13.2 Å². The number of rotatable bonds is 5. The minimum atomic E-state index is -3.85. The molecule has 0 saturated heterocycles. The molecule has 146 valence electrons. The van der Waals surface area contributed by atoms with Gasteiger partial charge in [-0.05, 0) is 51.8 Å². The number of hydrogen-bond donors (Lipinski definition) is 1. The Hall–Kier alpha value is -1.70. The molecule has 5 nitrogen and oxygen atoms in total. The lowest BCUT2D eigenvalue weighted by Crippen LogP contribution is -2.50. The highest BCUT2D eigenvalue weighted by Crippen LogP contribution is 2.59. The summed E-state index contributed by atoms with van der Waals surface area (Å²) in [4.78, 5) is 14.0. The van der Waals surface area contributed by atoms with Crippen LogP contribution in [-0.4, -0.2) is 25.5 Å². The summed E-state index contributed by atoms with van der Waals surface area (Å²) >= 11 is 1.18. The minimum absolute atomic E-state index is 0.199. The van der Waals surface area contributed by atoms with Crippen LogP contribution in [0, 0.1) is 6.92 Å². The van der Waals surface area contributed by atoms with Crippen molar-refractivity contribution in [3.63, 3.8) is 0 Å². The highest BCUT2D eigenvalue weighted by atomic mass is 32.2. The molecule has 1 aliphatic rings. The van der Waals surface area contributed by atoms with E-state index in [1.165, 1.54) is 11.3 Å². The smallest absolute Gasteiger partial charge is 0.328 e. The van der Waals surface area contributed by atoms with Gasteiger partial charge in [0.05, 0.1) is 0 Å². The van der Waals surface area contributed by atoms with E-state index < -0.39 is 32.5 Å². The van der Waals surface area contributed by atoms with Crippen molar-refractivity contribution in [1.82, 2.24) is 4.72 Å². The minimum Gasteiger partial charge on any atom is -0.459 e. The number of ether oxygens (including phenoxy) is 1. The SMILES string of the molecule is Cc1ccc(S(=O)(=O)N[C@@]2(C(=O)OC(C)(C)C)C[C@]2(C)c2ccccc2)s1. The highest BCUT2D eigenvalue weighted by molar-refractivity contribution is 7.91. The Kier molecular flexibility index (Phi) is 4.77. The molecule has 1 aromatic carbocycles. The number of hydrogen-bond acceptors (Lipinski definition) is 5. The molecule has 0 spiro atoms. The van der Waals surface area contributed by atoms with Crippen molar-refractivity contribution in [3.05, 3.63) is 52.9 Å². The van der Waals surface area contributed by atoms with Crippen molar-refractivity contribution in [2.24, 2.45) is 0 Å². The molecule has 2 aromatic rings. The Morgan fingerprint density at radius 3 is 2.30 bits per heavy atom. The van der Waals surface area contributed by atoms with E-state index in [-0.39, 0.29) is 4.21 Å². The molecule has 27 heavy (non-hydrogen) atoms. The van der Waals surface area contributed by atoms with Gasteiger partial charge >= 0.3 is 5.97 Å². The fourth-order valence-corrected chi connectivity index (χ4v) is 6.06. The number of sulfonamides is 1. The van der Waals surface area contributed by atoms with E-state index in [2.05, 4.69) is 4.72 Å². The van der Waals surface area contributed by atoms with Crippen molar-refractivity contribution in [3.8, 4) is 0 Å². The zero-order valence-corrected chi connectivity index (χ0v) is 17.8. The number of aryl methyl sites for hydroxylation is 1. The van der Waals surface area contributed by atoms with Crippen molar-refractivity contribution >= 4 is 27.3 Å². The Labute approximate surface area is 164 Å². The number of nitrogens with one attached hydrogen (secondary N) is 1. The van der Waals surface area contributed by atoms with Gasteiger partial charge in [0.2, 0.25) is 0 Å². The van der Waals surface area contributed by atoms with E-state index in [1.54, 1.807) is 32.9 Å². The lowest BCUT2D eigenvalue weighted by Gasteiger charge is -2.27. The number of esters is 1. The summed E-state index contributed by atoms with van der Waals surface area (Å²) in [6.45, 7) is 9.07. The molecular weight excluding hydrogens is 382 g/mol. The van der Waals surface area contributed by atoms with Crippen LogP contribution >= 0.6 is 11.3 Å². The van der Waals surface area contributed by atoms with Crippen molar-refractivity contribution in [1.29, 1.82) is 0 Å². The Morgan fingerprint density at radius 1 is 1.15 bits per heavy atom. The summed E-state index contributed by atoms with van der Waals surface area (Å²) in [5.41, 5.74) is -1.80. The van der Waals surface area contributed by atoms with Gasteiger partial charge in [-0.15, -0.1) is 11.3 Å². The average molecular weight is 408 g/mol. The third kappa shape index (κ3) is 3.68. The van der Waals surface area contributed by atoms with Gasteiger partial charge in [0.25, 0.3) is 10.0 Å². The molecule has 2 atom stereocenters. The fourth-order valence-electron chi connectivity index (χ4n) is 3.33. The molecule has 0 aliphatic heterocycles. The second-order valence-corrected chi connectivity index (χ2v) is 11.4. The van der Waals surface area contributed by atoms with Gasteiger partial charge < -0.3 is 4.74 Å². The molecular formula is C20H25NO4S2. The first kappa shape index (κ1) is 20.0. The molecule has 1 aromatic heterocycles. The summed E-state index contributed by atoms with van der Waals surface area (Å²) in [5.74, 6) is -0.543. The van der Waals surface area contributed by atoms with E-state index in [0.29, 0.717) is 6.42 Å². The van der Waals surface area contributed by atoms with E-state index in [0.717, 1.165) is 10.4 Å². The molecule has 0 amide bonds. The maximum absolute atomic E-state index is 13.1. The average Bonchev–Trinajstić information content (AvgIpc) is 2.92. The first-order chi connectivity index (χ1) is 12.4. The predicted octanol–water partition coefficient (Wildman–Crippen LogP) is 3.78. The van der Waals surface area contributed by atoms with Crippen molar-refractivity contribution < 1.29 is 17.9 Å². The predicted molar refractivity (Wildman–Crippen MR) is 106 cm³/mol. The number of carbonyl (C=O) groups excluding carboxylic acids is 1. The Balaban J connectivity index is 2.01. The monoisotopic (exact) mass is 407 g/mol. The summed E-state index contributed by atoms with van der Waals surface area (Å²) < 4.78 is 34.5.